The number of para-hydroxylation sites is 1. The van der Waals surface area contributed by atoms with Crippen LogP contribution in [-0.2, 0) is 0 Å². The summed E-state index contributed by atoms with van der Waals surface area (Å²) >= 11 is 0. The highest BCUT2D eigenvalue weighted by Crippen LogP contribution is 2.10. The van der Waals surface area contributed by atoms with E-state index in [1.165, 1.54) is 16.9 Å². The van der Waals surface area contributed by atoms with Crippen molar-refractivity contribution in [1.29, 1.82) is 0 Å². The van der Waals surface area contributed by atoms with Gasteiger partial charge in [-0.25, -0.2) is 0 Å². The molecule has 0 aliphatic rings. The van der Waals surface area contributed by atoms with Crippen molar-refractivity contribution in [1.82, 2.24) is 0 Å². The van der Waals surface area contributed by atoms with Gasteiger partial charge in [0.1, 0.15) is 0 Å². The molecule has 0 fully saturated rings. The van der Waals surface area contributed by atoms with E-state index in [1.54, 1.807) is 0 Å². The fourth-order valence-corrected chi connectivity index (χ4v) is 1.73. The summed E-state index contributed by atoms with van der Waals surface area (Å²) in [5.41, 5.74) is 3.72. The Morgan fingerprint density at radius 3 is 2.06 bits per heavy atom. The molecule has 2 nitrogen and oxygen atoms in total. The zero-order valence-corrected chi connectivity index (χ0v) is 11.1. The van der Waals surface area contributed by atoms with Gasteiger partial charge in [-0.2, -0.15) is 4.57 Å². The van der Waals surface area contributed by atoms with Crippen molar-refractivity contribution in [2.24, 2.45) is 0 Å². The van der Waals surface area contributed by atoms with Gasteiger partial charge in [0.2, 0.25) is 5.69 Å². The van der Waals surface area contributed by atoms with Crippen LogP contribution in [0.15, 0.2) is 48.8 Å². The van der Waals surface area contributed by atoms with Crippen molar-refractivity contribution in [3.8, 4) is 5.69 Å². The number of halogens is 1. The highest BCUT2D eigenvalue weighted by Gasteiger charge is 2.08. The maximum Gasteiger partial charge on any atom is 0.213 e. The zero-order chi connectivity index (χ0) is 11.5. The molecule has 0 N–H and O–H groups in total. The smallest absolute Gasteiger partial charge is 0.213 e. The van der Waals surface area contributed by atoms with Gasteiger partial charge in [-0.15, -0.1) is 0 Å². The molecule has 2 rings (SSSR count). The number of aryl methyl sites for hydroxylation is 1. The summed E-state index contributed by atoms with van der Waals surface area (Å²) < 4.78 is 2.14. The second-order valence-corrected chi connectivity index (χ2v) is 4.14. The monoisotopic (exact) mass is 248 g/mol. The van der Waals surface area contributed by atoms with Gasteiger partial charge in [0.25, 0.3) is 0 Å². The Morgan fingerprint density at radius 2 is 1.53 bits per heavy atom. The van der Waals surface area contributed by atoms with Crippen molar-refractivity contribution in [2.75, 3.05) is 19.0 Å². The first-order valence-corrected chi connectivity index (χ1v) is 5.43. The largest absolute Gasteiger partial charge is 1.00 e. The lowest BCUT2D eigenvalue weighted by atomic mass is 10.2. The van der Waals surface area contributed by atoms with E-state index >= 15 is 0 Å². The molecule has 1 aromatic carbocycles. The normalized spacial score (nSPS) is 9.59. The van der Waals surface area contributed by atoms with Crippen LogP contribution in [0.25, 0.3) is 5.69 Å². The molecule has 0 atom stereocenters. The van der Waals surface area contributed by atoms with Gasteiger partial charge in [-0.05, 0) is 6.92 Å². The number of nitrogens with zero attached hydrogens (tertiary/aromatic N) is 2. The molecule has 0 amide bonds. The molecule has 0 bridgehead atoms. The Kier molecular flexibility index (Phi) is 4.53. The zero-order valence-electron chi connectivity index (χ0n) is 10.4. The Balaban J connectivity index is 0.00000144. The minimum Gasteiger partial charge on any atom is -1.00 e. The summed E-state index contributed by atoms with van der Waals surface area (Å²) in [7, 11) is 4.10. The number of benzene rings is 1. The van der Waals surface area contributed by atoms with Crippen LogP contribution in [0.2, 0.25) is 0 Å². The van der Waals surface area contributed by atoms with Crippen molar-refractivity contribution in [3.05, 3.63) is 54.4 Å². The van der Waals surface area contributed by atoms with Gasteiger partial charge in [-0.3, -0.25) is 0 Å². The fraction of sp³-hybridized carbons (Fsp3) is 0.214. The van der Waals surface area contributed by atoms with Gasteiger partial charge in [0.15, 0.2) is 12.4 Å². The average molecular weight is 249 g/mol. The SMILES string of the molecule is Cc1ccccc1-[n+]1ccc(N(C)C)cc1.[Cl-]. The Hall–Kier alpha value is -1.54. The maximum absolute atomic E-state index is 2.14. The fourth-order valence-electron chi connectivity index (χ4n) is 1.73. The van der Waals surface area contributed by atoms with Crippen LogP contribution in [0.4, 0.5) is 5.69 Å². The number of hydrogen-bond donors (Lipinski definition) is 0. The highest BCUT2D eigenvalue weighted by atomic mass is 35.5. The van der Waals surface area contributed by atoms with E-state index in [1.807, 2.05) is 14.1 Å². The molecule has 3 heteroatoms. The predicted molar refractivity (Wildman–Crippen MR) is 67.0 cm³/mol. The number of hydrogen-bond acceptors (Lipinski definition) is 1. The van der Waals surface area contributed by atoms with Crippen LogP contribution < -0.4 is 21.9 Å². The molecule has 0 unspecified atom stereocenters. The van der Waals surface area contributed by atoms with Gasteiger partial charge in [-0.1, -0.05) is 18.2 Å². The van der Waals surface area contributed by atoms with Gasteiger partial charge >= 0.3 is 0 Å². The average Bonchev–Trinajstić information content (AvgIpc) is 2.30. The molecule has 1 aromatic heterocycles. The van der Waals surface area contributed by atoms with E-state index in [0.29, 0.717) is 0 Å². The number of pyridine rings is 1. The number of anilines is 1. The lowest BCUT2D eigenvalue weighted by molar-refractivity contribution is -0.596. The summed E-state index contributed by atoms with van der Waals surface area (Å²) in [6, 6.07) is 12.6. The first-order chi connectivity index (χ1) is 7.68. The van der Waals surface area contributed by atoms with Crippen LogP contribution in [0.5, 0.6) is 0 Å². The molecule has 1 heterocycles. The Morgan fingerprint density at radius 1 is 0.941 bits per heavy atom. The summed E-state index contributed by atoms with van der Waals surface area (Å²) in [5, 5.41) is 0. The minimum absolute atomic E-state index is 0. The molecule has 0 saturated carbocycles. The quantitative estimate of drug-likeness (QED) is 0.641. The first-order valence-electron chi connectivity index (χ1n) is 5.43. The second-order valence-electron chi connectivity index (χ2n) is 4.14. The van der Waals surface area contributed by atoms with Gasteiger partial charge in [0.05, 0.1) is 0 Å². The summed E-state index contributed by atoms with van der Waals surface area (Å²) in [5.74, 6) is 0. The minimum atomic E-state index is 0. The lowest BCUT2D eigenvalue weighted by Gasteiger charge is -2.10. The maximum atomic E-state index is 2.14. The van der Waals surface area contributed by atoms with Gasteiger partial charge in [0, 0.05) is 43.5 Å². The van der Waals surface area contributed by atoms with E-state index in [4.69, 9.17) is 0 Å². The molecular weight excluding hydrogens is 232 g/mol. The number of rotatable bonds is 2. The first kappa shape index (κ1) is 13.5. The van der Waals surface area contributed by atoms with Crippen LogP contribution in [-0.4, -0.2) is 14.1 Å². The molecule has 0 radical (unpaired) electrons. The topological polar surface area (TPSA) is 7.12 Å². The van der Waals surface area contributed by atoms with E-state index in [2.05, 4.69) is 65.2 Å². The Labute approximate surface area is 109 Å². The molecule has 17 heavy (non-hydrogen) atoms. The van der Waals surface area contributed by atoms with Crippen molar-refractivity contribution in [3.63, 3.8) is 0 Å². The van der Waals surface area contributed by atoms with Crippen molar-refractivity contribution < 1.29 is 17.0 Å². The van der Waals surface area contributed by atoms with E-state index < -0.39 is 0 Å². The molecule has 0 aliphatic heterocycles. The van der Waals surface area contributed by atoms with Crippen LogP contribution in [0.3, 0.4) is 0 Å². The molecule has 0 saturated heterocycles. The predicted octanol–water partition coefficient (Wildman–Crippen LogP) is -0.658. The molecule has 0 aliphatic carbocycles. The highest BCUT2D eigenvalue weighted by molar-refractivity contribution is 5.42. The van der Waals surface area contributed by atoms with Crippen LogP contribution in [0.1, 0.15) is 5.56 Å². The molecule has 2 aromatic rings. The molecule has 90 valence electrons. The molecular formula is C14H17ClN2. The number of aromatic nitrogens is 1. The molecule has 0 spiro atoms. The lowest BCUT2D eigenvalue weighted by Crippen LogP contribution is -3.00. The third-order valence-corrected chi connectivity index (χ3v) is 2.72. The van der Waals surface area contributed by atoms with Crippen molar-refractivity contribution >= 4 is 5.69 Å². The van der Waals surface area contributed by atoms with Gasteiger partial charge < -0.3 is 17.3 Å². The second kappa shape index (κ2) is 5.69. The third kappa shape index (κ3) is 2.98. The van der Waals surface area contributed by atoms with E-state index in [9.17, 15) is 0 Å². The van der Waals surface area contributed by atoms with Crippen LogP contribution in [0, 0.1) is 6.92 Å². The Bertz CT molecular complexity index is 478. The summed E-state index contributed by atoms with van der Waals surface area (Å²) in [6.45, 7) is 2.13. The summed E-state index contributed by atoms with van der Waals surface area (Å²) in [4.78, 5) is 2.10. The summed E-state index contributed by atoms with van der Waals surface area (Å²) in [6.07, 6.45) is 4.19. The van der Waals surface area contributed by atoms with Crippen LogP contribution >= 0.6 is 0 Å². The van der Waals surface area contributed by atoms with Crippen molar-refractivity contribution in [2.45, 2.75) is 6.92 Å². The standard InChI is InChI=1S/C14H17N2.ClH/c1-12-6-4-5-7-14(12)16-10-8-13(9-11-16)15(2)3;/h4-11H,1-3H3;1H/q+1;/p-1. The van der Waals surface area contributed by atoms with E-state index in [-0.39, 0.29) is 12.4 Å². The van der Waals surface area contributed by atoms with E-state index in [0.717, 1.165) is 0 Å². The third-order valence-electron chi connectivity index (χ3n) is 2.72.